The first-order valence-electron chi connectivity index (χ1n) is 5.70. The number of benzene rings is 1. The van der Waals surface area contributed by atoms with E-state index in [0.717, 1.165) is 10.0 Å². The molecular weight excluding hydrogens is 296 g/mol. The Hall–Kier alpha value is -1.36. The summed E-state index contributed by atoms with van der Waals surface area (Å²) in [5.41, 5.74) is 6.59. The summed E-state index contributed by atoms with van der Waals surface area (Å²) in [5.74, 6) is -0.232. The number of nitrogens with zero attached hydrogens (tertiary/aromatic N) is 1. The molecule has 5 heteroatoms. The molecule has 2 amide bonds. The SMILES string of the molecule is CC1(C)CC(=O)N(Cc2ccc(N)cc2Br)C1=O. The highest BCUT2D eigenvalue weighted by molar-refractivity contribution is 9.10. The maximum absolute atomic E-state index is 12.1. The molecule has 2 N–H and O–H groups in total. The van der Waals surface area contributed by atoms with E-state index in [1.165, 1.54) is 4.90 Å². The Bertz CT molecular complexity index is 526. The Morgan fingerprint density at radius 3 is 2.56 bits per heavy atom. The fraction of sp³-hybridized carbons (Fsp3) is 0.385. The highest BCUT2D eigenvalue weighted by Gasteiger charge is 2.44. The lowest BCUT2D eigenvalue weighted by atomic mass is 9.92. The molecule has 18 heavy (non-hydrogen) atoms. The van der Waals surface area contributed by atoms with E-state index in [-0.39, 0.29) is 18.2 Å². The number of rotatable bonds is 2. The summed E-state index contributed by atoms with van der Waals surface area (Å²) < 4.78 is 0.813. The molecule has 1 heterocycles. The first-order valence-corrected chi connectivity index (χ1v) is 6.49. The van der Waals surface area contributed by atoms with Gasteiger partial charge < -0.3 is 5.73 Å². The van der Waals surface area contributed by atoms with Gasteiger partial charge in [0.1, 0.15) is 0 Å². The van der Waals surface area contributed by atoms with Gasteiger partial charge in [0.15, 0.2) is 0 Å². The van der Waals surface area contributed by atoms with Gasteiger partial charge in [-0.15, -0.1) is 0 Å². The van der Waals surface area contributed by atoms with Gasteiger partial charge in [-0.05, 0) is 17.7 Å². The van der Waals surface area contributed by atoms with Crippen LogP contribution >= 0.6 is 15.9 Å². The van der Waals surface area contributed by atoms with Crippen molar-refractivity contribution in [1.82, 2.24) is 4.90 Å². The first kappa shape index (κ1) is 13.1. The van der Waals surface area contributed by atoms with Crippen LogP contribution in [0.25, 0.3) is 0 Å². The van der Waals surface area contributed by atoms with E-state index in [2.05, 4.69) is 15.9 Å². The van der Waals surface area contributed by atoms with Crippen molar-refractivity contribution in [2.75, 3.05) is 5.73 Å². The summed E-state index contributed by atoms with van der Waals surface area (Å²) in [6.07, 6.45) is 0.276. The van der Waals surface area contributed by atoms with Crippen molar-refractivity contribution in [3.05, 3.63) is 28.2 Å². The quantitative estimate of drug-likeness (QED) is 0.673. The van der Waals surface area contributed by atoms with Crippen LogP contribution in [0, 0.1) is 5.41 Å². The number of imide groups is 1. The van der Waals surface area contributed by atoms with Crippen molar-refractivity contribution in [2.45, 2.75) is 26.8 Å². The minimum absolute atomic E-state index is 0.115. The van der Waals surface area contributed by atoms with Gasteiger partial charge in [0, 0.05) is 16.6 Å². The van der Waals surface area contributed by atoms with Crippen LogP contribution in [-0.4, -0.2) is 16.7 Å². The van der Waals surface area contributed by atoms with Gasteiger partial charge in [-0.2, -0.15) is 0 Å². The fourth-order valence-corrected chi connectivity index (χ4v) is 2.57. The van der Waals surface area contributed by atoms with Gasteiger partial charge in [0.25, 0.3) is 0 Å². The van der Waals surface area contributed by atoms with Gasteiger partial charge in [-0.3, -0.25) is 14.5 Å². The zero-order valence-corrected chi connectivity index (χ0v) is 12.0. The molecule has 0 spiro atoms. The lowest BCUT2D eigenvalue weighted by Gasteiger charge is -2.18. The smallest absolute Gasteiger partial charge is 0.235 e. The lowest BCUT2D eigenvalue weighted by molar-refractivity contribution is -0.141. The number of nitrogen functional groups attached to an aromatic ring is 1. The Labute approximate surface area is 114 Å². The monoisotopic (exact) mass is 310 g/mol. The number of anilines is 1. The van der Waals surface area contributed by atoms with Gasteiger partial charge in [0.2, 0.25) is 11.8 Å². The molecule has 0 saturated carbocycles. The average molecular weight is 311 g/mol. The van der Waals surface area contributed by atoms with E-state index in [1.54, 1.807) is 26.0 Å². The molecule has 0 bridgehead atoms. The standard InChI is InChI=1S/C13H15BrN2O2/c1-13(2)6-11(17)16(12(13)18)7-8-3-4-9(15)5-10(8)14/h3-5H,6-7,15H2,1-2H3. The van der Waals surface area contributed by atoms with Gasteiger partial charge in [0.05, 0.1) is 12.0 Å². The zero-order valence-electron chi connectivity index (χ0n) is 10.4. The van der Waals surface area contributed by atoms with Crippen LogP contribution in [0.5, 0.6) is 0 Å². The van der Waals surface area contributed by atoms with Crippen LogP contribution in [0.3, 0.4) is 0 Å². The summed E-state index contributed by atoms with van der Waals surface area (Å²) in [6, 6.07) is 5.35. The Kier molecular flexibility index (Phi) is 3.19. The van der Waals surface area contributed by atoms with Gasteiger partial charge in [-0.1, -0.05) is 35.8 Å². The van der Waals surface area contributed by atoms with Crippen LogP contribution in [0.4, 0.5) is 5.69 Å². The van der Waals surface area contributed by atoms with E-state index in [0.29, 0.717) is 12.2 Å². The zero-order chi connectivity index (χ0) is 13.5. The highest BCUT2D eigenvalue weighted by Crippen LogP contribution is 2.33. The second-order valence-corrected chi connectivity index (χ2v) is 6.05. The third-order valence-corrected chi connectivity index (χ3v) is 3.86. The van der Waals surface area contributed by atoms with Crippen molar-refractivity contribution in [3.63, 3.8) is 0 Å². The number of likely N-dealkylation sites (tertiary alicyclic amines) is 1. The molecule has 1 aliphatic rings. The molecule has 2 rings (SSSR count). The second-order valence-electron chi connectivity index (χ2n) is 5.20. The molecule has 1 aromatic carbocycles. The molecule has 4 nitrogen and oxygen atoms in total. The molecular formula is C13H15BrN2O2. The second kappa shape index (κ2) is 4.39. The van der Waals surface area contributed by atoms with E-state index in [9.17, 15) is 9.59 Å². The predicted molar refractivity (Wildman–Crippen MR) is 72.5 cm³/mol. The highest BCUT2D eigenvalue weighted by atomic mass is 79.9. The lowest BCUT2D eigenvalue weighted by Crippen LogP contribution is -2.32. The number of hydrogen-bond acceptors (Lipinski definition) is 3. The number of amides is 2. The minimum Gasteiger partial charge on any atom is -0.399 e. The Morgan fingerprint density at radius 1 is 1.39 bits per heavy atom. The molecule has 0 atom stereocenters. The van der Waals surface area contributed by atoms with E-state index >= 15 is 0 Å². The molecule has 1 aromatic rings. The number of nitrogens with two attached hydrogens (primary N) is 1. The molecule has 0 aromatic heterocycles. The van der Waals surface area contributed by atoms with Crippen molar-refractivity contribution >= 4 is 33.4 Å². The van der Waals surface area contributed by atoms with Crippen LogP contribution in [0.15, 0.2) is 22.7 Å². The first-order chi connectivity index (χ1) is 8.31. The molecule has 96 valence electrons. The van der Waals surface area contributed by atoms with E-state index in [1.807, 2.05) is 6.07 Å². The third-order valence-electron chi connectivity index (χ3n) is 3.12. The van der Waals surface area contributed by atoms with E-state index in [4.69, 9.17) is 5.73 Å². The summed E-state index contributed by atoms with van der Waals surface area (Å²) in [7, 11) is 0. The molecule has 1 saturated heterocycles. The van der Waals surface area contributed by atoms with Crippen molar-refractivity contribution in [3.8, 4) is 0 Å². The predicted octanol–water partition coefficient (Wildman–Crippen LogP) is 2.32. The molecule has 0 unspecified atom stereocenters. The van der Waals surface area contributed by atoms with Crippen LogP contribution in [0.2, 0.25) is 0 Å². The van der Waals surface area contributed by atoms with Gasteiger partial charge >= 0.3 is 0 Å². The number of halogens is 1. The maximum atomic E-state index is 12.1. The molecule has 1 aliphatic heterocycles. The summed E-state index contributed by atoms with van der Waals surface area (Å²) in [5, 5.41) is 0. The normalized spacial score (nSPS) is 18.5. The summed E-state index contributed by atoms with van der Waals surface area (Å²) in [4.78, 5) is 25.2. The number of carbonyl (C=O) groups excluding carboxylic acids is 2. The average Bonchev–Trinajstić information content (AvgIpc) is 2.44. The van der Waals surface area contributed by atoms with Crippen LogP contribution in [0.1, 0.15) is 25.8 Å². The van der Waals surface area contributed by atoms with Crippen molar-refractivity contribution < 1.29 is 9.59 Å². The van der Waals surface area contributed by atoms with Crippen molar-refractivity contribution in [1.29, 1.82) is 0 Å². The Morgan fingerprint density at radius 2 is 2.06 bits per heavy atom. The summed E-state index contributed by atoms with van der Waals surface area (Å²) >= 11 is 3.39. The topological polar surface area (TPSA) is 63.4 Å². The number of carbonyl (C=O) groups is 2. The molecule has 0 radical (unpaired) electrons. The molecule has 0 aliphatic carbocycles. The molecule has 1 fully saturated rings. The van der Waals surface area contributed by atoms with Crippen molar-refractivity contribution in [2.24, 2.45) is 5.41 Å². The number of hydrogen-bond donors (Lipinski definition) is 1. The minimum atomic E-state index is -0.586. The maximum Gasteiger partial charge on any atom is 0.235 e. The summed E-state index contributed by atoms with van der Waals surface area (Å²) in [6.45, 7) is 3.89. The third kappa shape index (κ3) is 2.27. The Balaban J connectivity index is 2.24. The fourth-order valence-electron chi connectivity index (χ4n) is 2.05. The van der Waals surface area contributed by atoms with Crippen LogP contribution in [-0.2, 0) is 16.1 Å². The van der Waals surface area contributed by atoms with E-state index < -0.39 is 5.41 Å². The van der Waals surface area contributed by atoms with Crippen LogP contribution < -0.4 is 5.73 Å². The van der Waals surface area contributed by atoms with Gasteiger partial charge in [-0.25, -0.2) is 0 Å². The largest absolute Gasteiger partial charge is 0.399 e.